The van der Waals surface area contributed by atoms with E-state index in [1.165, 1.54) is 74.0 Å². The number of pyridine rings is 1. The first-order valence-electron chi connectivity index (χ1n) is 18.1. The Morgan fingerprint density at radius 2 is 0.794 bits per heavy atom. The lowest BCUT2D eigenvalue weighted by molar-refractivity contribution is -0.161. The lowest BCUT2D eigenvalue weighted by Crippen LogP contribution is -2.53. The number of ketones is 1. The first-order chi connectivity index (χ1) is 29.9. The second-order valence-corrected chi connectivity index (χ2v) is 12.2. The van der Waals surface area contributed by atoms with Gasteiger partial charge in [0.05, 0.1) is 92.8 Å². The van der Waals surface area contributed by atoms with E-state index in [9.17, 15) is 58.2 Å². The maximum atomic E-state index is 11.5. The number of aliphatic hydroxyl groups is 2. The van der Waals surface area contributed by atoms with Gasteiger partial charge in [-0.25, -0.2) is 24.5 Å². The smallest absolute Gasteiger partial charge is 0.343 e. The molecule has 0 bridgehead atoms. The molecular formula is C37H52N6O20. The van der Waals surface area contributed by atoms with E-state index in [1.54, 1.807) is 0 Å². The van der Waals surface area contributed by atoms with Crippen LogP contribution in [0.4, 0.5) is 0 Å². The molecule has 4 rings (SSSR count). The number of aliphatic hydroxyl groups excluding tert-OH is 2. The van der Waals surface area contributed by atoms with Gasteiger partial charge in [0, 0.05) is 38.6 Å². The fourth-order valence-electron chi connectivity index (χ4n) is 5.07. The second kappa shape index (κ2) is 31.1. The van der Waals surface area contributed by atoms with Gasteiger partial charge in [0.2, 0.25) is 5.43 Å². The summed E-state index contributed by atoms with van der Waals surface area (Å²) in [5, 5.41) is 25.3. The fourth-order valence-corrected chi connectivity index (χ4v) is 5.07. The number of aromatic amines is 1. The van der Waals surface area contributed by atoms with E-state index in [0.29, 0.717) is 26.2 Å². The van der Waals surface area contributed by atoms with Crippen molar-refractivity contribution in [2.24, 2.45) is 23.7 Å². The summed E-state index contributed by atoms with van der Waals surface area (Å²) in [6, 6.07) is 0. The number of esters is 8. The number of nitrogens with one attached hydrogen (secondary N) is 3. The van der Waals surface area contributed by atoms with Crippen molar-refractivity contribution in [2.75, 3.05) is 83.1 Å². The highest BCUT2D eigenvalue weighted by molar-refractivity contribution is 6.03. The summed E-state index contributed by atoms with van der Waals surface area (Å²) in [6.07, 6.45) is 3.78. The maximum Gasteiger partial charge on any atom is 0.343 e. The molecule has 2 aliphatic rings. The third-order valence-corrected chi connectivity index (χ3v) is 8.42. The number of ether oxygens (including phenoxy) is 8. The summed E-state index contributed by atoms with van der Waals surface area (Å²) in [5.74, 6) is -8.37. The van der Waals surface area contributed by atoms with Crippen molar-refractivity contribution in [3.63, 3.8) is 0 Å². The lowest BCUT2D eigenvalue weighted by Gasteiger charge is -2.31. The minimum atomic E-state index is -1.05. The van der Waals surface area contributed by atoms with E-state index in [0.717, 1.165) is 14.2 Å². The summed E-state index contributed by atoms with van der Waals surface area (Å²) in [5.41, 5.74) is -1.19. The zero-order valence-electron chi connectivity index (χ0n) is 35.7. The number of nitrogens with zero attached hydrogens (tertiary/aromatic N) is 3. The van der Waals surface area contributed by atoms with Crippen molar-refractivity contribution in [3.05, 3.63) is 52.7 Å². The molecule has 2 fully saturated rings. The van der Waals surface area contributed by atoms with Crippen LogP contribution in [0.25, 0.3) is 0 Å². The van der Waals surface area contributed by atoms with Gasteiger partial charge in [-0.3, -0.25) is 38.4 Å². The number of piperidine rings is 2. The number of hydrogen-bond donors (Lipinski definition) is 5. The molecule has 1 unspecified atom stereocenters. The molecule has 0 aliphatic carbocycles. The first kappa shape index (κ1) is 56.2. The molecule has 2 aromatic heterocycles. The number of aromatic nitrogens is 4. The van der Waals surface area contributed by atoms with Gasteiger partial charge in [-0.2, -0.15) is 0 Å². The SMILES string of the molecule is COC(=O)CC(=O)CC(=O)OC.COC(=O)[C@H]1CNC[C@@H](C(=O)OC)C1O.COC(=O)[C@H]1CNC[C@H](C(=O)OC)C1O.COC(=O)c1c[nH]cc(C(=O)OC)c1=O.c1ncncn1. The van der Waals surface area contributed by atoms with E-state index in [-0.39, 0.29) is 24.0 Å². The van der Waals surface area contributed by atoms with Crippen LogP contribution in [0, 0.1) is 23.7 Å². The average molecular weight is 901 g/mol. The summed E-state index contributed by atoms with van der Waals surface area (Å²) in [7, 11) is 9.63. The molecular weight excluding hydrogens is 848 g/mol. The Balaban J connectivity index is 0.000000780. The highest BCUT2D eigenvalue weighted by atomic mass is 16.6. The van der Waals surface area contributed by atoms with Gasteiger partial charge in [0.15, 0.2) is 5.78 Å². The summed E-state index contributed by atoms with van der Waals surface area (Å²) < 4.78 is 35.3. The van der Waals surface area contributed by atoms with Crippen LogP contribution in [-0.2, 0) is 71.5 Å². The molecule has 63 heavy (non-hydrogen) atoms. The van der Waals surface area contributed by atoms with E-state index >= 15 is 0 Å². The molecule has 26 nitrogen and oxygen atoms in total. The van der Waals surface area contributed by atoms with Crippen molar-refractivity contribution in [3.8, 4) is 0 Å². The monoisotopic (exact) mass is 900 g/mol. The molecule has 0 amide bonds. The minimum Gasteiger partial charge on any atom is -0.469 e. The van der Waals surface area contributed by atoms with Gasteiger partial charge < -0.3 is 63.7 Å². The van der Waals surface area contributed by atoms with E-state index < -0.39 is 94.8 Å². The number of carbonyl (C=O) groups excluding carboxylic acids is 9. The normalized spacial score (nSPS) is 18.5. The summed E-state index contributed by atoms with van der Waals surface area (Å²) in [4.78, 5) is 124. The Morgan fingerprint density at radius 1 is 0.508 bits per heavy atom. The van der Waals surface area contributed by atoms with Crippen molar-refractivity contribution >= 4 is 53.5 Å². The number of rotatable bonds is 10. The zero-order valence-corrected chi connectivity index (χ0v) is 35.7. The molecule has 0 saturated carbocycles. The topological polar surface area (TPSA) is 364 Å². The third-order valence-electron chi connectivity index (χ3n) is 8.42. The van der Waals surface area contributed by atoms with Crippen LogP contribution >= 0.6 is 0 Å². The molecule has 2 aromatic rings. The van der Waals surface area contributed by atoms with Gasteiger partial charge in [0.1, 0.15) is 43.0 Å². The van der Waals surface area contributed by atoms with Crippen LogP contribution < -0.4 is 16.1 Å². The number of H-pyrrole nitrogens is 1. The molecule has 5 N–H and O–H groups in total. The van der Waals surface area contributed by atoms with Crippen LogP contribution in [-0.4, -0.2) is 179 Å². The Bertz CT molecular complexity index is 1680. The van der Waals surface area contributed by atoms with Gasteiger partial charge in [0.25, 0.3) is 0 Å². The van der Waals surface area contributed by atoms with Crippen LogP contribution in [0.3, 0.4) is 0 Å². The summed E-state index contributed by atoms with van der Waals surface area (Å²) in [6.45, 7) is 1.23. The lowest BCUT2D eigenvalue weighted by atomic mass is 9.87. The maximum absolute atomic E-state index is 11.5. The van der Waals surface area contributed by atoms with E-state index in [1.807, 2.05) is 0 Å². The van der Waals surface area contributed by atoms with Crippen LogP contribution in [0.1, 0.15) is 33.6 Å². The molecule has 26 heteroatoms. The fraction of sp³-hybridized carbons (Fsp3) is 0.541. The first-order valence-corrected chi connectivity index (χ1v) is 18.1. The van der Waals surface area contributed by atoms with Gasteiger partial charge in [-0.15, -0.1) is 0 Å². The number of carbonyl (C=O) groups is 9. The quantitative estimate of drug-likeness (QED) is 0.0879. The van der Waals surface area contributed by atoms with Crippen molar-refractivity contribution in [2.45, 2.75) is 25.0 Å². The molecule has 4 heterocycles. The predicted molar refractivity (Wildman–Crippen MR) is 208 cm³/mol. The molecule has 350 valence electrons. The number of methoxy groups -OCH3 is 8. The minimum absolute atomic E-state index is 0.236. The van der Waals surface area contributed by atoms with Crippen LogP contribution in [0.5, 0.6) is 0 Å². The Labute approximate surface area is 359 Å². The van der Waals surface area contributed by atoms with E-state index in [2.05, 4.69) is 68.5 Å². The van der Waals surface area contributed by atoms with Gasteiger partial charge >= 0.3 is 47.8 Å². The second-order valence-electron chi connectivity index (χ2n) is 12.2. The van der Waals surface area contributed by atoms with Crippen molar-refractivity contribution in [1.82, 2.24) is 30.6 Å². The molecule has 0 spiro atoms. The highest BCUT2D eigenvalue weighted by Crippen LogP contribution is 2.21. The average Bonchev–Trinajstić information content (AvgIpc) is 3.31. The largest absolute Gasteiger partial charge is 0.469 e. The molecule has 2 saturated heterocycles. The molecule has 0 radical (unpaired) electrons. The Hall–Kier alpha value is -6.77. The van der Waals surface area contributed by atoms with Crippen molar-refractivity contribution in [1.29, 1.82) is 0 Å². The third kappa shape index (κ3) is 19.7. The van der Waals surface area contributed by atoms with Crippen LogP contribution in [0.2, 0.25) is 0 Å². The predicted octanol–water partition coefficient (Wildman–Crippen LogP) is -3.44. The molecule has 5 atom stereocenters. The van der Waals surface area contributed by atoms with Gasteiger partial charge in [-0.1, -0.05) is 0 Å². The highest BCUT2D eigenvalue weighted by Gasteiger charge is 2.42. The Kier molecular flexibility index (Phi) is 27.8. The number of Topliss-reactive ketones (excluding diaryl/α,β-unsaturated/α-hetero) is 1. The summed E-state index contributed by atoms with van der Waals surface area (Å²) >= 11 is 0. The molecule has 2 aliphatic heterocycles. The van der Waals surface area contributed by atoms with Gasteiger partial charge in [-0.05, 0) is 0 Å². The zero-order chi connectivity index (χ0) is 48.1. The van der Waals surface area contributed by atoms with Crippen molar-refractivity contribution < 1.29 is 91.3 Å². The molecule has 0 aromatic carbocycles. The number of hydrogen-bond acceptors (Lipinski definition) is 25. The van der Waals surface area contributed by atoms with E-state index in [4.69, 9.17) is 0 Å². The van der Waals surface area contributed by atoms with Crippen LogP contribution in [0.15, 0.2) is 36.2 Å². The standard InChI is InChI=1S/2C9H15NO5.C9H9NO5.C7H10O5.C3H3N3/c3*1-14-8(12)5-3-10-4-6(7(5)11)9(13)15-2;1-11-6(9)3-5(8)4-7(10)12-2;1-4-2-6-3-5-1/h2*5-7,10-11H,3-4H2,1-2H3;3-4H,1-2H3,(H,10,11);3-4H2,1-2H3;1-3H/t5-,6+,7?;5-,6-;;;/m.0.../s1. The Morgan fingerprint density at radius 3 is 1.02 bits per heavy atom.